The average molecular weight is 298 g/mol. The smallest absolute Gasteiger partial charge is 0.255 e. The molecule has 0 heterocycles. The van der Waals surface area contributed by atoms with Gasteiger partial charge in [0.05, 0.1) is 6.61 Å². The molecule has 0 radical (unpaired) electrons. The van der Waals surface area contributed by atoms with E-state index in [1.54, 1.807) is 43.5 Å². The molecule has 5 heteroatoms. The minimum Gasteiger partial charge on any atom is -0.383 e. The van der Waals surface area contributed by atoms with Crippen LogP contribution in [0, 0.1) is 0 Å². The van der Waals surface area contributed by atoms with Crippen molar-refractivity contribution >= 4 is 17.5 Å². The highest BCUT2D eigenvalue weighted by Crippen LogP contribution is 2.11. The maximum absolute atomic E-state index is 12.0. The van der Waals surface area contributed by atoms with Gasteiger partial charge in [-0.25, -0.2) is 0 Å². The standard InChI is InChI=1S/C17H18N2O3/c1-22-12-11-18-16(20)14-7-9-15(10-8-14)19-17(21)13-5-3-2-4-6-13/h2-10H,11-12H2,1H3,(H,18,20)(H,19,21). The van der Waals surface area contributed by atoms with Crippen LogP contribution in [0.3, 0.4) is 0 Å². The summed E-state index contributed by atoms with van der Waals surface area (Å²) in [6.45, 7) is 0.929. The number of amides is 2. The second-order valence-corrected chi connectivity index (χ2v) is 4.65. The topological polar surface area (TPSA) is 67.4 Å². The number of carbonyl (C=O) groups is 2. The number of ether oxygens (including phenoxy) is 1. The monoisotopic (exact) mass is 298 g/mol. The Bertz CT molecular complexity index is 624. The van der Waals surface area contributed by atoms with Crippen LogP contribution in [0.2, 0.25) is 0 Å². The lowest BCUT2D eigenvalue weighted by Gasteiger charge is -2.07. The third-order valence-corrected chi connectivity index (χ3v) is 3.03. The number of methoxy groups -OCH3 is 1. The van der Waals surface area contributed by atoms with Crippen LogP contribution in [0.25, 0.3) is 0 Å². The van der Waals surface area contributed by atoms with E-state index in [4.69, 9.17) is 4.74 Å². The highest BCUT2D eigenvalue weighted by Gasteiger charge is 2.07. The number of benzene rings is 2. The van der Waals surface area contributed by atoms with Crippen LogP contribution >= 0.6 is 0 Å². The maximum atomic E-state index is 12.0. The second kappa shape index (κ2) is 7.95. The van der Waals surface area contributed by atoms with Crippen LogP contribution in [0.5, 0.6) is 0 Å². The summed E-state index contributed by atoms with van der Waals surface area (Å²) in [4.78, 5) is 23.8. The molecule has 0 aromatic heterocycles. The number of rotatable bonds is 6. The van der Waals surface area contributed by atoms with Crippen LogP contribution < -0.4 is 10.6 Å². The summed E-state index contributed by atoms with van der Waals surface area (Å²) in [5.41, 5.74) is 1.76. The average Bonchev–Trinajstić information content (AvgIpc) is 2.56. The molecule has 0 saturated heterocycles. The van der Waals surface area contributed by atoms with Gasteiger partial charge in [0.25, 0.3) is 11.8 Å². The predicted octanol–water partition coefficient (Wildman–Crippen LogP) is 2.32. The SMILES string of the molecule is COCCNC(=O)c1ccc(NC(=O)c2ccccc2)cc1. The largest absolute Gasteiger partial charge is 0.383 e. The first-order chi connectivity index (χ1) is 10.7. The molecule has 2 N–H and O–H groups in total. The molecule has 5 nitrogen and oxygen atoms in total. The molecule has 22 heavy (non-hydrogen) atoms. The number of carbonyl (C=O) groups excluding carboxylic acids is 2. The lowest BCUT2D eigenvalue weighted by Crippen LogP contribution is -2.26. The van der Waals surface area contributed by atoms with Gasteiger partial charge in [0.15, 0.2) is 0 Å². The molecule has 0 atom stereocenters. The fourth-order valence-electron chi connectivity index (χ4n) is 1.87. The van der Waals surface area contributed by atoms with E-state index >= 15 is 0 Å². The lowest BCUT2D eigenvalue weighted by molar-refractivity contribution is 0.0936. The zero-order valence-corrected chi connectivity index (χ0v) is 12.3. The third kappa shape index (κ3) is 4.43. The van der Waals surface area contributed by atoms with Crippen LogP contribution in [-0.4, -0.2) is 32.1 Å². The minimum atomic E-state index is -0.183. The Morgan fingerprint density at radius 3 is 2.18 bits per heavy atom. The molecule has 114 valence electrons. The van der Waals surface area contributed by atoms with Crippen LogP contribution in [0.1, 0.15) is 20.7 Å². The van der Waals surface area contributed by atoms with Crippen molar-refractivity contribution in [1.29, 1.82) is 0 Å². The van der Waals surface area contributed by atoms with E-state index in [9.17, 15) is 9.59 Å². The van der Waals surface area contributed by atoms with E-state index in [0.29, 0.717) is 30.0 Å². The van der Waals surface area contributed by atoms with Crippen molar-refractivity contribution in [2.75, 3.05) is 25.6 Å². The van der Waals surface area contributed by atoms with Crippen molar-refractivity contribution in [3.05, 3.63) is 65.7 Å². The van der Waals surface area contributed by atoms with E-state index in [1.165, 1.54) is 0 Å². The Hall–Kier alpha value is -2.66. The number of nitrogens with one attached hydrogen (secondary N) is 2. The number of hydrogen-bond acceptors (Lipinski definition) is 3. The van der Waals surface area contributed by atoms with Crippen molar-refractivity contribution in [2.45, 2.75) is 0 Å². The molecule has 2 amide bonds. The summed E-state index contributed by atoms with van der Waals surface area (Å²) < 4.78 is 4.87. The van der Waals surface area contributed by atoms with Crippen molar-refractivity contribution in [1.82, 2.24) is 5.32 Å². The van der Waals surface area contributed by atoms with Gasteiger partial charge in [-0.05, 0) is 36.4 Å². The molecule has 2 rings (SSSR count). The molecule has 0 aliphatic rings. The molecule has 2 aromatic rings. The highest BCUT2D eigenvalue weighted by atomic mass is 16.5. The first-order valence-electron chi connectivity index (χ1n) is 6.94. The molecule has 0 saturated carbocycles. The zero-order valence-electron chi connectivity index (χ0n) is 12.3. The van der Waals surface area contributed by atoms with Crippen molar-refractivity contribution < 1.29 is 14.3 Å². The number of hydrogen-bond donors (Lipinski definition) is 2. The normalized spacial score (nSPS) is 10.0. The van der Waals surface area contributed by atoms with Crippen LogP contribution in [0.15, 0.2) is 54.6 Å². The van der Waals surface area contributed by atoms with Crippen molar-refractivity contribution in [3.63, 3.8) is 0 Å². The summed E-state index contributed by atoms with van der Waals surface area (Å²) in [7, 11) is 1.58. The van der Waals surface area contributed by atoms with Crippen molar-refractivity contribution in [2.24, 2.45) is 0 Å². The second-order valence-electron chi connectivity index (χ2n) is 4.65. The Kier molecular flexibility index (Phi) is 5.68. The summed E-state index contributed by atoms with van der Waals surface area (Å²) in [6.07, 6.45) is 0. The maximum Gasteiger partial charge on any atom is 0.255 e. The van der Waals surface area contributed by atoms with Gasteiger partial charge < -0.3 is 15.4 Å². The molecule has 0 aliphatic heterocycles. The summed E-state index contributed by atoms with van der Waals surface area (Å²) >= 11 is 0. The summed E-state index contributed by atoms with van der Waals surface area (Å²) in [6, 6.07) is 15.7. The van der Waals surface area contributed by atoms with Crippen molar-refractivity contribution in [3.8, 4) is 0 Å². The van der Waals surface area contributed by atoms with E-state index < -0.39 is 0 Å². The fraction of sp³-hybridized carbons (Fsp3) is 0.176. The summed E-state index contributed by atoms with van der Waals surface area (Å²) in [5, 5.41) is 5.52. The fourth-order valence-corrected chi connectivity index (χ4v) is 1.87. The molecular formula is C17H18N2O3. The minimum absolute atomic E-state index is 0.169. The van der Waals surface area contributed by atoms with Crippen LogP contribution in [-0.2, 0) is 4.74 Å². The molecular weight excluding hydrogens is 280 g/mol. The Morgan fingerprint density at radius 2 is 1.55 bits per heavy atom. The predicted molar refractivity (Wildman–Crippen MR) is 85.0 cm³/mol. The van der Waals surface area contributed by atoms with E-state index in [1.807, 2.05) is 18.2 Å². The molecule has 2 aromatic carbocycles. The van der Waals surface area contributed by atoms with Crippen LogP contribution in [0.4, 0.5) is 5.69 Å². The molecule has 0 spiro atoms. The first kappa shape index (κ1) is 15.7. The highest BCUT2D eigenvalue weighted by molar-refractivity contribution is 6.04. The van der Waals surface area contributed by atoms with Gasteiger partial charge in [-0.15, -0.1) is 0 Å². The molecule has 0 aliphatic carbocycles. The zero-order chi connectivity index (χ0) is 15.8. The Balaban J connectivity index is 1.94. The first-order valence-corrected chi connectivity index (χ1v) is 6.94. The molecule has 0 fully saturated rings. The van der Waals surface area contributed by atoms with E-state index in [-0.39, 0.29) is 11.8 Å². The molecule has 0 unspecified atom stereocenters. The lowest BCUT2D eigenvalue weighted by atomic mass is 10.1. The van der Waals surface area contributed by atoms with Gasteiger partial charge in [0.1, 0.15) is 0 Å². The van der Waals surface area contributed by atoms with Gasteiger partial charge >= 0.3 is 0 Å². The third-order valence-electron chi connectivity index (χ3n) is 3.03. The van der Waals surface area contributed by atoms with E-state index in [2.05, 4.69) is 10.6 Å². The quantitative estimate of drug-likeness (QED) is 0.804. The van der Waals surface area contributed by atoms with Gasteiger partial charge in [0, 0.05) is 30.5 Å². The van der Waals surface area contributed by atoms with Gasteiger partial charge in [-0.1, -0.05) is 18.2 Å². The van der Waals surface area contributed by atoms with Gasteiger partial charge in [-0.2, -0.15) is 0 Å². The summed E-state index contributed by atoms with van der Waals surface area (Å²) in [5.74, 6) is -0.351. The van der Waals surface area contributed by atoms with Gasteiger partial charge in [0.2, 0.25) is 0 Å². The number of anilines is 1. The van der Waals surface area contributed by atoms with Gasteiger partial charge in [-0.3, -0.25) is 9.59 Å². The molecule has 0 bridgehead atoms. The van der Waals surface area contributed by atoms with E-state index in [0.717, 1.165) is 0 Å². The Morgan fingerprint density at radius 1 is 0.909 bits per heavy atom. The Labute approximate surface area is 129 Å².